The molecule has 4 heteroatoms. The molecular formula is C35H56O4. The van der Waals surface area contributed by atoms with Gasteiger partial charge in [-0.3, -0.25) is 0 Å². The molecule has 2 rings (SSSR count). The molecule has 0 aliphatic carbocycles. The summed E-state index contributed by atoms with van der Waals surface area (Å²) in [5.74, 6) is 1.90. The molecule has 5 unspecified atom stereocenters. The van der Waals surface area contributed by atoms with Gasteiger partial charge >= 0.3 is 0 Å². The van der Waals surface area contributed by atoms with Crippen molar-refractivity contribution in [1.82, 2.24) is 0 Å². The van der Waals surface area contributed by atoms with Crippen molar-refractivity contribution in [3.8, 4) is 5.75 Å². The highest BCUT2D eigenvalue weighted by atomic mass is 16.5. The highest BCUT2D eigenvalue weighted by Crippen LogP contribution is 2.48. The van der Waals surface area contributed by atoms with Crippen LogP contribution < -0.4 is 4.74 Å². The van der Waals surface area contributed by atoms with Gasteiger partial charge in [-0.15, -0.1) is 0 Å². The van der Waals surface area contributed by atoms with Crippen molar-refractivity contribution in [2.45, 2.75) is 125 Å². The largest absolute Gasteiger partial charge is 0.484 e. The number of hydrogen-bond donors (Lipinski definition) is 3. The van der Waals surface area contributed by atoms with Gasteiger partial charge in [0.05, 0.1) is 25.2 Å². The molecular weight excluding hydrogens is 484 g/mol. The summed E-state index contributed by atoms with van der Waals surface area (Å²) in [6, 6.07) is 8.93. The highest BCUT2D eigenvalue weighted by Gasteiger charge is 2.44. The minimum atomic E-state index is -1.26. The van der Waals surface area contributed by atoms with E-state index < -0.39 is 11.5 Å². The second-order valence-corrected chi connectivity index (χ2v) is 12.2. The van der Waals surface area contributed by atoms with Crippen molar-refractivity contribution < 1.29 is 20.1 Å². The first kappa shape index (κ1) is 33.3. The SMILES string of the molecule is CCC(C)c1cc(C)cc(C(C)CC)c1OC(c1c(C(C)CC)cc(C)cc1C(C)CC)C(CO)(CO)CO. The van der Waals surface area contributed by atoms with Crippen LogP contribution in [0.15, 0.2) is 24.3 Å². The van der Waals surface area contributed by atoms with E-state index in [9.17, 15) is 15.3 Å². The second-order valence-electron chi connectivity index (χ2n) is 12.2. The molecule has 0 spiro atoms. The summed E-state index contributed by atoms with van der Waals surface area (Å²) in [5, 5.41) is 32.4. The van der Waals surface area contributed by atoms with Crippen LogP contribution in [-0.2, 0) is 0 Å². The fourth-order valence-corrected chi connectivity index (χ4v) is 5.56. The fraction of sp³-hybridized carbons (Fsp3) is 0.657. The first-order valence-corrected chi connectivity index (χ1v) is 15.3. The zero-order chi connectivity index (χ0) is 29.5. The number of aryl methyl sites for hydroxylation is 2. The molecule has 5 atom stereocenters. The molecule has 0 heterocycles. The third-order valence-electron chi connectivity index (χ3n) is 9.25. The number of aliphatic hydroxyl groups excluding tert-OH is 3. The number of rotatable bonds is 15. The quantitative estimate of drug-likeness (QED) is 0.212. The average Bonchev–Trinajstić information content (AvgIpc) is 2.95. The summed E-state index contributed by atoms with van der Waals surface area (Å²) in [7, 11) is 0. The zero-order valence-electron chi connectivity index (χ0n) is 26.4. The van der Waals surface area contributed by atoms with Gasteiger partial charge in [-0.1, -0.05) is 90.8 Å². The van der Waals surface area contributed by atoms with Crippen molar-refractivity contribution in [2.24, 2.45) is 5.41 Å². The number of hydrogen-bond acceptors (Lipinski definition) is 4. The van der Waals surface area contributed by atoms with Crippen molar-refractivity contribution >= 4 is 0 Å². The standard InChI is InChI=1S/C35H56O4/c1-11-24(7)28-15-22(5)16-29(25(8)12-2)32(28)34(35(19-36,20-37)21-38)39-33-30(26(9)13-3)17-23(6)18-31(33)27(10)14-4/h15-18,24-27,34,36-38H,11-14,19-21H2,1-10H3. The summed E-state index contributed by atoms with van der Waals surface area (Å²) in [4.78, 5) is 0. The molecule has 2 aromatic carbocycles. The van der Waals surface area contributed by atoms with Crippen LogP contribution in [0.1, 0.15) is 150 Å². The minimum absolute atomic E-state index is 0.253. The normalized spacial score (nSPS) is 16.0. The van der Waals surface area contributed by atoms with Gasteiger partial charge in [0, 0.05) is 5.56 Å². The van der Waals surface area contributed by atoms with Gasteiger partial charge in [0.25, 0.3) is 0 Å². The molecule has 4 nitrogen and oxygen atoms in total. The predicted octanol–water partition coefficient (Wildman–Crippen LogP) is 8.44. The van der Waals surface area contributed by atoms with Crippen LogP contribution in [0.5, 0.6) is 5.75 Å². The monoisotopic (exact) mass is 540 g/mol. The Balaban J connectivity index is 3.08. The summed E-state index contributed by atoms with van der Waals surface area (Å²) in [6.07, 6.45) is 3.12. The van der Waals surface area contributed by atoms with Crippen LogP contribution in [0, 0.1) is 19.3 Å². The second kappa shape index (κ2) is 14.7. The summed E-state index contributed by atoms with van der Waals surface area (Å²) >= 11 is 0. The van der Waals surface area contributed by atoms with Crippen molar-refractivity contribution in [1.29, 1.82) is 0 Å². The van der Waals surface area contributed by atoms with Gasteiger partial charge in [0.2, 0.25) is 0 Å². The van der Waals surface area contributed by atoms with E-state index >= 15 is 0 Å². The third kappa shape index (κ3) is 7.07. The van der Waals surface area contributed by atoms with Gasteiger partial charge in [-0.25, -0.2) is 0 Å². The molecule has 3 N–H and O–H groups in total. The van der Waals surface area contributed by atoms with E-state index in [1.165, 1.54) is 22.3 Å². The summed E-state index contributed by atoms with van der Waals surface area (Å²) < 4.78 is 7.23. The Morgan fingerprint density at radius 3 is 1.21 bits per heavy atom. The molecule has 0 aliphatic rings. The fourth-order valence-electron chi connectivity index (χ4n) is 5.56. The molecule has 0 aliphatic heterocycles. The molecule has 0 aromatic heterocycles. The Hall–Kier alpha value is -1.88. The van der Waals surface area contributed by atoms with Crippen LogP contribution in [0.2, 0.25) is 0 Å². The molecule has 0 saturated carbocycles. The third-order valence-corrected chi connectivity index (χ3v) is 9.25. The molecule has 0 saturated heterocycles. The van der Waals surface area contributed by atoms with E-state index in [4.69, 9.17) is 4.74 Å². The Morgan fingerprint density at radius 2 is 0.897 bits per heavy atom. The summed E-state index contributed by atoms with van der Waals surface area (Å²) in [5.41, 5.74) is 6.83. The zero-order valence-corrected chi connectivity index (χ0v) is 26.4. The lowest BCUT2D eigenvalue weighted by atomic mass is 9.73. The van der Waals surface area contributed by atoms with Crippen molar-refractivity contribution in [2.75, 3.05) is 19.8 Å². The van der Waals surface area contributed by atoms with Crippen LogP contribution in [0.4, 0.5) is 0 Å². The number of benzene rings is 2. The topological polar surface area (TPSA) is 69.9 Å². The van der Waals surface area contributed by atoms with Crippen LogP contribution in [0.25, 0.3) is 0 Å². The van der Waals surface area contributed by atoms with E-state index in [1.807, 2.05) is 0 Å². The molecule has 0 amide bonds. The summed E-state index contributed by atoms with van der Waals surface area (Å²) in [6.45, 7) is 20.8. The molecule has 39 heavy (non-hydrogen) atoms. The van der Waals surface area contributed by atoms with Gasteiger partial charge in [-0.05, 0) is 85.5 Å². The Morgan fingerprint density at radius 1 is 0.590 bits per heavy atom. The van der Waals surface area contributed by atoms with Gasteiger partial charge in [0.1, 0.15) is 11.9 Å². The van der Waals surface area contributed by atoms with E-state index in [0.717, 1.165) is 48.1 Å². The Kier molecular flexibility index (Phi) is 12.5. The molecule has 0 radical (unpaired) electrons. The lowest BCUT2D eigenvalue weighted by Crippen LogP contribution is -2.44. The van der Waals surface area contributed by atoms with Crippen molar-refractivity contribution in [3.05, 3.63) is 63.2 Å². The molecule has 0 bridgehead atoms. The van der Waals surface area contributed by atoms with Gasteiger partial charge < -0.3 is 20.1 Å². The van der Waals surface area contributed by atoms with Crippen LogP contribution in [-0.4, -0.2) is 35.1 Å². The van der Waals surface area contributed by atoms with E-state index in [-0.39, 0.29) is 43.5 Å². The van der Waals surface area contributed by atoms with E-state index in [2.05, 4.69) is 93.5 Å². The van der Waals surface area contributed by atoms with Gasteiger partial charge in [0.15, 0.2) is 0 Å². The Labute approximate surface area is 238 Å². The smallest absolute Gasteiger partial charge is 0.137 e. The van der Waals surface area contributed by atoms with Crippen LogP contribution >= 0.6 is 0 Å². The first-order valence-electron chi connectivity index (χ1n) is 15.3. The maximum Gasteiger partial charge on any atom is 0.137 e. The minimum Gasteiger partial charge on any atom is -0.484 e. The number of aliphatic hydroxyl groups is 3. The maximum atomic E-state index is 10.8. The maximum absolute atomic E-state index is 10.8. The van der Waals surface area contributed by atoms with Gasteiger partial charge in [-0.2, -0.15) is 0 Å². The van der Waals surface area contributed by atoms with E-state index in [0.29, 0.717) is 0 Å². The average molecular weight is 541 g/mol. The lowest BCUT2D eigenvalue weighted by Gasteiger charge is -2.41. The number of ether oxygens (including phenoxy) is 1. The lowest BCUT2D eigenvalue weighted by molar-refractivity contribution is -0.0756. The van der Waals surface area contributed by atoms with Crippen molar-refractivity contribution in [3.63, 3.8) is 0 Å². The molecule has 2 aromatic rings. The molecule has 0 fully saturated rings. The molecule has 220 valence electrons. The van der Waals surface area contributed by atoms with E-state index in [1.54, 1.807) is 0 Å². The Bertz CT molecular complexity index is 984. The first-order chi connectivity index (χ1) is 18.5. The predicted molar refractivity (Wildman–Crippen MR) is 164 cm³/mol. The highest BCUT2D eigenvalue weighted by molar-refractivity contribution is 5.50. The van der Waals surface area contributed by atoms with Crippen LogP contribution in [0.3, 0.4) is 0 Å².